The summed E-state index contributed by atoms with van der Waals surface area (Å²) in [5.74, 6) is 1.40. The molecule has 0 aromatic rings. The highest BCUT2D eigenvalue weighted by Gasteiger charge is 2.62. The molecule has 0 heterocycles. The molecule has 9 atom stereocenters. The number of fused-ring (bicyclic) bond motifs is 5. The van der Waals surface area contributed by atoms with Crippen LogP contribution in [0, 0.1) is 34.5 Å². The van der Waals surface area contributed by atoms with E-state index in [1.165, 1.54) is 18.4 Å². The van der Waals surface area contributed by atoms with Crippen molar-refractivity contribution in [1.82, 2.24) is 0 Å². The van der Waals surface area contributed by atoms with E-state index >= 15 is 0 Å². The van der Waals surface area contributed by atoms with Gasteiger partial charge in [-0.15, -0.1) is 0 Å². The molecule has 3 N–H and O–H groups in total. The van der Waals surface area contributed by atoms with E-state index in [9.17, 15) is 15.3 Å². The van der Waals surface area contributed by atoms with E-state index in [-0.39, 0.29) is 22.9 Å². The standard InChI is InChI=1S/C20H32O3/c1-11-4-5-12-17-13(6-8-19(11,12)2)20(3)9-7-15(21)18(23)14(20)10-16(17)22/h12-18,21-23H,1,4-10H2,2-3H3/t12?,13?,14?,15-,16+,17?,18-,19-,20-/m1/s1. The minimum absolute atomic E-state index is 0.0384. The number of aliphatic hydroxyl groups is 3. The quantitative estimate of drug-likeness (QED) is 0.602. The van der Waals surface area contributed by atoms with Crippen LogP contribution in [0.1, 0.15) is 58.8 Å². The van der Waals surface area contributed by atoms with Gasteiger partial charge in [0.2, 0.25) is 0 Å². The fraction of sp³-hybridized carbons (Fsp3) is 0.900. The summed E-state index contributed by atoms with van der Waals surface area (Å²) >= 11 is 0. The van der Waals surface area contributed by atoms with Crippen LogP contribution in [0.15, 0.2) is 12.2 Å². The van der Waals surface area contributed by atoms with E-state index in [0.29, 0.717) is 30.6 Å². The SMILES string of the molecule is C=C1CCC2C3C(CC[C@]12C)[C@@]1(C)CC[C@@H](O)[C@H](O)C1C[C@@H]3O. The normalized spacial score (nSPS) is 59.2. The summed E-state index contributed by atoms with van der Waals surface area (Å²) in [4.78, 5) is 0. The Morgan fingerprint density at radius 1 is 0.913 bits per heavy atom. The van der Waals surface area contributed by atoms with Gasteiger partial charge in [0, 0.05) is 0 Å². The van der Waals surface area contributed by atoms with E-state index in [1.807, 2.05) is 0 Å². The van der Waals surface area contributed by atoms with Crippen molar-refractivity contribution in [3.63, 3.8) is 0 Å². The minimum atomic E-state index is -0.670. The van der Waals surface area contributed by atoms with Crippen molar-refractivity contribution in [3.8, 4) is 0 Å². The first-order valence-corrected chi connectivity index (χ1v) is 9.51. The van der Waals surface area contributed by atoms with Crippen molar-refractivity contribution in [1.29, 1.82) is 0 Å². The lowest BCUT2D eigenvalue weighted by Crippen LogP contribution is -2.61. The Hall–Kier alpha value is -0.380. The zero-order chi connectivity index (χ0) is 16.6. The first kappa shape index (κ1) is 16.1. The Balaban J connectivity index is 1.70. The zero-order valence-corrected chi connectivity index (χ0v) is 14.5. The largest absolute Gasteiger partial charge is 0.393 e. The maximum atomic E-state index is 11.0. The van der Waals surface area contributed by atoms with Gasteiger partial charge in [0.05, 0.1) is 18.3 Å². The van der Waals surface area contributed by atoms with Crippen LogP contribution in [0.4, 0.5) is 0 Å². The Bertz CT molecular complexity index is 517. The van der Waals surface area contributed by atoms with Crippen LogP contribution in [-0.2, 0) is 0 Å². The van der Waals surface area contributed by atoms with Gasteiger partial charge in [-0.05, 0) is 79.4 Å². The van der Waals surface area contributed by atoms with Gasteiger partial charge in [-0.3, -0.25) is 0 Å². The summed E-state index contributed by atoms with van der Waals surface area (Å²) in [5.41, 5.74) is 1.66. The van der Waals surface area contributed by atoms with E-state index < -0.39 is 12.2 Å². The maximum absolute atomic E-state index is 11.0. The molecule has 4 unspecified atom stereocenters. The van der Waals surface area contributed by atoms with Crippen molar-refractivity contribution >= 4 is 0 Å². The summed E-state index contributed by atoms with van der Waals surface area (Å²) in [5, 5.41) is 31.6. The van der Waals surface area contributed by atoms with Gasteiger partial charge >= 0.3 is 0 Å². The Labute approximate surface area is 139 Å². The second-order valence-electron chi connectivity index (χ2n) is 9.40. The van der Waals surface area contributed by atoms with Crippen molar-refractivity contribution < 1.29 is 15.3 Å². The third-order valence-electron chi connectivity index (χ3n) is 8.71. The van der Waals surface area contributed by atoms with E-state index in [2.05, 4.69) is 20.4 Å². The highest BCUT2D eigenvalue weighted by atomic mass is 16.3. The summed E-state index contributed by atoms with van der Waals surface area (Å²) in [7, 11) is 0. The Morgan fingerprint density at radius 2 is 1.65 bits per heavy atom. The molecular weight excluding hydrogens is 288 g/mol. The summed E-state index contributed by atoms with van der Waals surface area (Å²) < 4.78 is 0. The fourth-order valence-electron chi connectivity index (χ4n) is 7.17. The molecule has 3 nitrogen and oxygen atoms in total. The van der Waals surface area contributed by atoms with Gasteiger partial charge in [-0.1, -0.05) is 26.0 Å². The molecule has 4 aliphatic rings. The lowest BCUT2D eigenvalue weighted by Gasteiger charge is -2.62. The number of hydrogen-bond acceptors (Lipinski definition) is 3. The Kier molecular flexibility index (Phi) is 3.54. The topological polar surface area (TPSA) is 60.7 Å². The number of aliphatic hydroxyl groups excluding tert-OH is 3. The second kappa shape index (κ2) is 5.06. The first-order chi connectivity index (χ1) is 10.8. The molecule has 4 saturated carbocycles. The van der Waals surface area contributed by atoms with Gasteiger partial charge in [0.1, 0.15) is 0 Å². The molecule has 0 radical (unpaired) electrons. The summed E-state index contributed by atoms with van der Waals surface area (Å²) in [6.07, 6.45) is 5.28. The molecule has 0 aromatic carbocycles. The summed E-state index contributed by atoms with van der Waals surface area (Å²) in [6.45, 7) is 9.03. The molecule has 23 heavy (non-hydrogen) atoms. The number of rotatable bonds is 0. The molecule has 0 spiro atoms. The van der Waals surface area contributed by atoms with Crippen LogP contribution in [0.5, 0.6) is 0 Å². The zero-order valence-electron chi connectivity index (χ0n) is 14.5. The van der Waals surface area contributed by atoms with Crippen LogP contribution < -0.4 is 0 Å². The highest BCUT2D eigenvalue weighted by molar-refractivity contribution is 5.22. The molecule has 130 valence electrons. The van der Waals surface area contributed by atoms with E-state index in [4.69, 9.17) is 0 Å². The van der Waals surface area contributed by atoms with Gasteiger partial charge in [0.15, 0.2) is 0 Å². The molecule has 0 aromatic heterocycles. The maximum Gasteiger partial charge on any atom is 0.0833 e. The third kappa shape index (κ3) is 1.99. The number of hydrogen-bond donors (Lipinski definition) is 3. The first-order valence-electron chi connectivity index (χ1n) is 9.51. The molecule has 4 rings (SSSR count). The lowest BCUT2D eigenvalue weighted by atomic mass is 9.44. The highest BCUT2D eigenvalue weighted by Crippen LogP contribution is 2.67. The van der Waals surface area contributed by atoms with Crippen molar-refractivity contribution in [3.05, 3.63) is 12.2 Å². The second-order valence-corrected chi connectivity index (χ2v) is 9.40. The van der Waals surface area contributed by atoms with Gasteiger partial charge in [-0.2, -0.15) is 0 Å². The predicted octanol–water partition coefficient (Wildman–Crippen LogP) is 2.89. The van der Waals surface area contributed by atoms with Crippen LogP contribution in [0.25, 0.3) is 0 Å². The number of allylic oxidation sites excluding steroid dienone is 1. The average Bonchev–Trinajstić information content (AvgIpc) is 2.82. The molecular formula is C20H32O3. The Morgan fingerprint density at radius 3 is 2.39 bits per heavy atom. The summed E-state index contributed by atoms with van der Waals surface area (Å²) in [6, 6.07) is 0. The molecule has 4 aliphatic carbocycles. The fourth-order valence-corrected chi connectivity index (χ4v) is 7.17. The lowest BCUT2D eigenvalue weighted by molar-refractivity contribution is -0.201. The van der Waals surface area contributed by atoms with Gasteiger partial charge < -0.3 is 15.3 Å². The molecule has 0 saturated heterocycles. The van der Waals surface area contributed by atoms with E-state index in [1.54, 1.807) is 0 Å². The molecule has 3 heteroatoms. The van der Waals surface area contributed by atoms with Crippen molar-refractivity contribution in [2.24, 2.45) is 34.5 Å². The molecule has 0 amide bonds. The van der Waals surface area contributed by atoms with Crippen LogP contribution >= 0.6 is 0 Å². The predicted molar refractivity (Wildman–Crippen MR) is 89.7 cm³/mol. The van der Waals surface area contributed by atoms with Crippen LogP contribution in [0.3, 0.4) is 0 Å². The third-order valence-corrected chi connectivity index (χ3v) is 8.71. The average molecular weight is 320 g/mol. The van der Waals surface area contributed by atoms with Crippen molar-refractivity contribution in [2.75, 3.05) is 0 Å². The van der Waals surface area contributed by atoms with Crippen LogP contribution in [-0.4, -0.2) is 33.6 Å². The molecule has 0 bridgehead atoms. The van der Waals surface area contributed by atoms with Crippen molar-refractivity contribution in [2.45, 2.75) is 77.1 Å². The molecule has 4 fully saturated rings. The smallest absolute Gasteiger partial charge is 0.0833 e. The monoisotopic (exact) mass is 320 g/mol. The van der Waals surface area contributed by atoms with Crippen LogP contribution in [0.2, 0.25) is 0 Å². The minimum Gasteiger partial charge on any atom is -0.393 e. The van der Waals surface area contributed by atoms with Gasteiger partial charge in [-0.25, -0.2) is 0 Å². The van der Waals surface area contributed by atoms with Gasteiger partial charge in [0.25, 0.3) is 0 Å². The molecule has 0 aliphatic heterocycles. The van der Waals surface area contributed by atoms with E-state index in [0.717, 1.165) is 19.3 Å².